The molecule has 2 saturated heterocycles. The number of benzene rings is 1. The molecule has 25 heavy (non-hydrogen) atoms. The highest BCUT2D eigenvalue weighted by Gasteiger charge is 2.40. The monoisotopic (exact) mass is 364 g/mol. The van der Waals surface area contributed by atoms with E-state index in [2.05, 4.69) is 0 Å². The first-order chi connectivity index (χ1) is 11.7. The molecule has 2 amide bonds. The maximum absolute atomic E-state index is 12.7. The first-order valence-electron chi connectivity index (χ1n) is 8.52. The molecule has 2 unspecified atom stereocenters. The summed E-state index contributed by atoms with van der Waals surface area (Å²) in [5, 5.41) is -0.482. The molecule has 2 atom stereocenters. The van der Waals surface area contributed by atoms with Gasteiger partial charge in [0.05, 0.1) is 11.2 Å². The highest BCUT2D eigenvalue weighted by atomic mass is 32.2. The zero-order valence-electron chi connectivity index (χ0n) is 14.9. The molecule has 1 aromatic carbocycles. The topological polar surface area (TPSA) is 74.8 Å². The molecule has 2 heterocycles. The minimum atomic E-state index is -3.14. The Balaban J connectivity index is 1.70. The molecule has 0 radical (unpaired) electrons. The Morgan fingerprint density at radius 3 is 2.48 bits per heavy atom. The van der Waals surface area contributed by atoms with Gasteiger partial charge in [0, 0.05) is 38.0 Å². The fourth-order valence-corrected chi connectivity index (χ4v) is 4.54. The number of nitrogens with zero attached hydrogens (tertiary/aromatic N) is 2. The van der Waals surface area contributed by atoms with Gasteiger partial charge in [0.1, 0.15) is 0 Å². The number of amides is 2. The van der Waals surface area contributed by atoms with Crippen molar-refractivity contribution in [2.24, 2.45) is 5.92 Å². The Labute approximate surface area is 148 Å². The number of aryl methyl sites for hydroxylation is 2. The Kier molecular flexibility index (Phi) is 4.62. The van der Waals surface area contributed by atoms with Crippen molar-refractivity contribution in [3.05, 3.63) is 29.3 Å². The number of likely N-dealkylation sites (tertiary alicyclic amines) is 1. The molecular weight excluding hydrogens is 340 g/mol. The number of sulfone groups is 1. The van der Waals surface area contributed by atoms with Crippen LogP contribution in [-0.2, 0) is 19.4 Å². The molecule has 0 saturated carbocycles. The summed E-state index contributed by atoms with van der Waals surface area (Å²) in [5.41, 5.74) is 3.08. The van der Waals surface area contributed by atoms with Crippen molar-refractivity contribution in [2.45, 2.75) is 31.9 Å². The highest BCUT2D eigenvalue weighted by Crippen LogP contribution is 2.29. The van der Waals surface area contributed by atoms with Gasteiger partial charge in [0.2, 0.25) is 11.8 Å². The van der Waals surface area contributed by atoms with E-state index in [4.69, 9.17) is 0 Å². The number of hydrogen-bond donors (Lipinski definition) is 0. The molecule has 6 nitrogen and oxygen atoms in total. The van der Waals surface area contributed by atoms with Gasteiger partial charge >= 0.3 is 0 Å². The molecule has 0 spiro atoms. The van der Waals surface area contributed by atoms with Crippen LogP contribution in [0.5, 0.6) is 0 Å². The summed E-state index contributed by atoms with van der Waals surface area (Å²) in [7, 11) is -3.14. The van der Waals surface area contributed by atoms with Crippen molar-refractivity contribution in [2.75, 3.05) is 30.8 Å². The Bertz CT molecular complexity index is 818. The lowest BCUT2D eigenvalue weighted by molar-refractivity contribution is -0.134. The van der Waals surface area contributed by atoms with E-state index in [0.717, 1.165) is 16.8 Å². The lowest BCUT2D eigenvalue weighted by atomic mass is 10.1. The zero-order valence-corrected chi connectivity index (χ0v) is 15.7. The second-order valence-electron chi connectivity index (χ2n) is 7.20. The predicted octanol–water partition coefficient (Wildman–Crippen LogP) is 1.30. The van der Waals surface area contributed by atoms with Crippen LogP contribution in [0.1, 0.15) is 24.0 Å². The molecule has 136 valence electrons. The SMILES string of the molecule is Cc1ccc(N2CC(C(=O)N3CCC(S(C)(=O)=O)C3)CC2=O)cc1C. The maximum atomic E-state index is 12.7. The third kappa shape index (κ3) is 3.56. The lowest BCUT2D eigenvalue weighted by Gasteiger charge is -2.21. The first kappa shape index (κ1) is 17.9. The quantitative estimate of drug-likeness (QED) is 0.810. The van der Waals surface area contributed by atoms with Crippen molar-refractivity contribution in [1.29, 1.82) is 0 Å². The third-order valence-corrected chi connectivity index (χ3v) is 6.93. The smallest absolute Gasteiger partial charge is 0.228 e. The number of anilines is 1. The van der Waals surface area contributed by atoms with Crippen LogP contribution in [0.15, 0.2) is 18.2 Å². The Hall–Kier alpha value is -1.89. The molecule has 2 fully saturated rings. The van der Waals surface area contributed by atoms with Crippen LogP contribution in [0.4, 0.5) is 5.69 Å². The highest BCUT2D eigenvalue weighted by molar-refractivity contribution is 7.91. The van der Waals surface area contributed by atoms with E-state index in [1.165, 1.54) is 6.26 Å². The number of carbonyl (C=O) groups is 2. The fourth-order valence-electron chi connectivity index (χ4n) is 3.55. The predicted molar refractivity (Wildman–Crippen MR) is 96.2 cm³/mol. The van der Waals surface area contributed by atoms with Crippen LogP contribution in [0.25, 0.3) is 0 Å². The van der Waals surface area contributed by atoms with E-state index in [1.807, 2.05) is 32.0 Å². The average Bonchev–Trinajstić information content (AvgIpc) is 3.16. The summed E-state index contributed by atoms with van der Waals surface area (Å²) >= 11 is 0. The van der Waals surface area contributed by atoms with Crippen LogP contribution in [0.3, 0.4) is 0 Å². The van der Waals surface area contributed by atoms with Gasteiger partial charge in [-0.3, -0.25) is 9.59 Å². The summed E-state index contributed by atoms with van der Waals surface area (Å²) in [5.74, 6) is -0.557. The van der Waals surface area contributed by atoms with Gasteiger partial charge in [-0.05, 0) is 43.5 Å². The summed E-state index contributed by atoms with van der Waals surface area (Å²) in [4.78, 5) is 28.4. The Morgan fingerprint density at radius 1 is 1.16 bits per heavy atom. The molecule has 0 aliphatic carbocycles. The van der Waals surface area contributed by atoms with Gasteiger partial charge in [-0.2, -0.15) is 0 Å². The van der Waals surface area contributed by atoms with Crippen molar-refractivity contribution < 1.29 is 18.0 Å². The molecule has 0 aromatic heterocycles. The minimum Gasteiger partial charge on any atom is -0.341 e. The summed E-state index contributed by atoms with van der Waals surface area (Å²) in [6, 6.07) is 5.85. The first-order valence-corrected chi connectivity index (χ1v) is 10.5. The van der Waals surface area contributed by atoms with Crippen LogP contribution in [0, 0.1) is 19.8 Å². The molecule has 1 aromatic rings. The average molecular weight is 364 g/mol. The van der Waals surface area contributed by atoms with Gasteiger partial charge in [-0.25, -0.2) is 8.42 Å². The maximum Gasteiger partial charge on any atom is 0.228 e. The molecule has 0 bridgehead atoms. The van der Waals surface area contributed by atoms with E-state index in [-0.39, 0.29) is 24.8 Å². The van der Waals surface area contributed by atoms with Gasteiger partial charge in [0.15, 0.2) is 9.84 Å². The van der Waals surface area contributed by atoms with Crippen LogP contribution < -0.4 is 4.90 Å². The second-order valence-corrected chi connectivity index (χ2v) is 9.52. The van der Waals surface area contributed by atoms with Gasteiger partial charge in [0.25, 0.3) is 0 Å². The van der Waals surface area contributed by atoms with Crippen molar-refractivity contribution in [3.63, 3.8) is 0 Å². The second kappa shape index (κ2) is 6.44. The fraction of sp³-hybridized carbons (Fsp3) is 0.556. The largest absolute Gasteiger partial charge is 0.341 e. The number of rotatable bonds is 3. The van der Waals surface area contributed by atoms with Crippen molar-refractivity contribution in [3.8, 4) is 0 Å². The summed E-state index contributed by atoms with van der Waals surface area (Å²) in [6.07, 6.45) is 1.88. The molecule has 7 heteroatoms. The van der Waals surface area contributed by atoms with E-state index >= 15 is 0 Å². The van der Waals surface area contributed by atoms with E-state index in [9.17, 15) is 18.0 Å². The molecule has 2 aliphatic rings. The van der Waals surface area contributed by atoms with Crippen LogP contribution in [-0.4, -0.2) is 56.3 Å². The number of carbonyl (C=O) groups excluding carboxylic acids is 2. The normalized spacial score (nSPS) is 24.2. The van der Waals surface area contributed by atoms with Gasteiger partial charge < -0.3 is 9.80 Å². The third-order valence-electron chi connectivity index (χ3n) is 5.34. The molecule has 2 aliphatic heterocycles. The lowest BCUT2D eigenvalue weighted by Crippen LogP contribution is -2.37. The number of hydrogen-bond acceptors (Lipinski definition) is 4. The Morgan fingerprint density at radius 2 is 1.88 bits per heavy atom. The molecule has 3 rings (SSSR count). The van der Waals surface area contributed by atoms with E-state index in [0.29, 0.717) is 19.5 Å². The molecular formula is C18H24N2O4S. The van der Waals surface area contributed by atoms with Crippen molar-refractivity contribution >= 4 is 27.3 Å². The van der Waals surface area contributed by atoms with E-state index in [1.54, 1.807) is 9.80 Å². The standard InChI is InChI=1S/C18H24N2O4S/c1-12-4-5-15(8-13(12)2)20-10-14(9-17(20)21)18(22)19-7-6-16(11-19)25(3,23)24/h4-5,8,14,16H,6-7,9-11H2,1-3H3. The summed E-state index contributed by atoms with van der Waals surface area (Å²) < 4.78 is 23.3. The summed E-state index contributed by atoms with van der Waals surface area (Å²) in [6.45, 7) is 5.07. The zero-order chi connectivity index (χ0) is 18.4. The van der Waals surface area contributed by atoms with E-state index < -0.39 is 21.0 Å². The van der Waals surface area contributed by atoms with Crippen molar-refractivity contribution in [1.82, 2.24) is 4.90 Å². The van der Waals surface area contributed by atoms with Crippen LogP contribution >= 0.6 is 0 Å². The van der Waals surface area contributed by atoms with Crippen LogP contribution in [0.2, 0.25) is 0 Å². The minimum absolute atomic E-state index is 0.0551. The van der Waals surface area contributed by atoms with Gasteiger partial charge in [-0.15, -0.1) is 0 Å². The van der Waals surface area contributed by atoms with Gasteiger partial charge in [-0.1, -0.05) is 6.07 Å². The molecule has 0 N–H and O–H groups in total.